The quantitative estimate of drug-likeness (QED) is 0.769. The van der Waals surface area contributed by atoms with Gasteiger partial charge in [0.1, 0.15) is 6.04 Å². The Kier molecular flexibility index (Phi) is 3.64. The van der Waals surface area contributed by atoms with Crippen LogP contribution in [-0.4, -0.2) is 22.2 Å². The van der Waals surface area contributed by atoms with Crippen molar-refractivity contribution < 1.29 is 4.79 Å². The van der Waals surface area contributed by atoms with Crippen LogP contribution in [0.5, 0.6) is 0 Å². The maximum atomic E-state index is 11.9. The summed E-state index contributed by atoms with van der Waals surface area (Å²) < 4.78 is 1.14. The monoisotopic (exact) mass is 250 g/mol. The van der Waals surface area contributed by atoms with Crippen LogP contribution in [-0.2, 0) is 4.79 Å². The normalized spacial score (nSPS) is 16.3. The number of nitrogens with zero attached hydrogens (tertiary/aromatic N) is 2. The van der Waals surface area contributed by atoms with E-state index in [9.17, 15) is 9.59 Å². The summed E-state index contributed by atoms with van der Waals surface area (Å²) in [7, 11) is 0. The second-order valence-electron chi connectivity index (χ2n) is 4.68. The molecule has 1 saturated carbocycles. The average molecular weight is 250 g/mol. The fraction of sp³-hybridized carbons (Fsp3) is 0.583. The summed E-state index contributed by atoms with van der Waals surface area (Å²) in [4.78, 5) is 23.1. The van der Waals surface area contributed by atoms with E-state index in [4.69, 9.17) is 5.73 Å². The van der Waals surface area contributed by atoms with Gasteiger partial charge in [-0.25, -0.2) is 4.68 Å². The molecule has 18 heavy (non-hydrogen) atoms. The fourth-order valence-electron chi connectivity index (χ4n) is 1.83. The molecule has 0 bridgehead atoms. The van der Waals surface area contributed by atoms with E-state index in [1.807, 2.05) is 0 Å². The van der Waals surface area contributed by atoms with Crippen molar-refractivity contribution >= 4 is 11.6 Å². The number of amides is 1. The van der Waals surface area contributed by atoms with Gasteiger partial charge in [0.05, 0.1) is 11.9 Å². The van der Waals surface area contributed by atoms with E-state index in [2.05, 4.69) is 10.4 Å². The Morgan fingerprint density at radius 2 is 2.39 bits per heavy atom. The van der Waals surface area contributed by atoms with Gasteiger partial charge >= 0.3 is 0 Å². The molecule has 0 spiro atoms. The van der Waals surface area contributed by atoms with Crippen LogP contribution in [0.4, 0.5) is 5.69 Å². The highest BCUT2D eigenvalue weighted by Gasteiger charge is 2.21. The molecule has 1 heterocycles. The number of carbonyl (C=O) groups is 1. The predicted molar refractivity (Wildman–Crippen MR) is 68.2 cm³/mol. The van der Waals surface area contributed by atoms with Crippen molar-refractivity contribution in [3.8, 4) is 0 Å². The zero-order valence-corrected chi connectivity index (χ0v) is 10.4. The molecule has 1 fully saturated rings. The summed E-state index contributed by atoms with van der Waals surface area (Å²) in [5, 5.41) is 7.18. The van der Waals surface area contributed by atoms with Gasteiger partial charge in [-0.3, -0.25) is 9.59 Å². The molecule has 1 aliphatic rings. The summed E-state index contributed by atoms with van der Waals surface area (Å²) in [5.41, 5.74) is 5.63. The van der Waals surface area contributed by atoms with E-state index in [0.29, 0.717) is 12.1 Å². The van der Waals surface area contributed by atoms with Crippen LogP contribution in [0.2, 0.25) is 0 Å². The number of nitrogens with one attached hydrogen (secondary N) is 1. The van der Waals surface area contributed by atoms with Gasteiger partial charge in [-0.05, 0) is 25.2 Å². The number of hydrogen-bond donors (Lipinski definition) is 2. The lowest BCUT2D eigenvalue weighted by molar-refractivity contribution is -0.121. The van der Waals surface area contributed by atoms with Crippen LogP contribution in [0, 0.1) is 5.92 Å². The Labute approximate surface area is 105 Å². The van der Waals surface area contributed by atoms with E-state index in [1.165, 1.54) is 18.9 Å². The van der Waals surface area contributed by atoms with Gasteiger partial charge in [0, 0.05) is 12.6 Å². The van der Waals surface area contributed by atoms with Crippen LogP contribution >= 0.6 is 0 Å². The maximum absolute atomic E-state index is 11.9. The van der Waals surface area contributed by atoms with Crippen molar-refractivity contribution in [2.24, 2.45) is 11.7 Å². The summed E-state index contributed by atoms with van der Waals surface area (Å²) in [6, 6.07) is 0.788. The lowest BCUT2D eigenvalue weighted by atomic mass is 10.2. The molecule has 3 N–H and O–H groups in total. The van der Waals surface area contributed by atoms with Crippen molar-refractivity contribution in [1.29, 1.82) is 0 Å². The van der Waals surface area contributed by atoms with Crippen molar-refractivity contribution in [2.75, 3.05) is 11.9 Å². The molecule has 1 unspecified atom stereocenters. The van der Waals surface area contributed by atoms with Gasteiger partial charge in [-0.1, -0.05) is 6.92 Å². The van der Waals surface area contributed by atoms with E-state index in [1.54, 1.807) is 13.1 Å². The second-order valence-corrected chi connectivity index (χ2v) is 4.68. The van der Waals surface area contributed by atoms with Crippen molar-refractivity contribution in [3.63, 3.8) is 0 Å². The Morgan fingerprint density at radius 1 is 1.67 bits per heavy atom. The summed E-state index contributed by atoms with van der Waals surface area (Å²) in [6.45, 7) is 2.67. The summed E-state index contributed by atoms with van der Waals surface area (Å²) in [6.07, 6.45) is 4.51. The van der Waals surface area contributed by atoms with Crippen LogP contribution < -0.4 is 16.6 Å². The number of rotatable bonds is 6. The van der Waals surface area contributed by atoms with Gasteiger partial charge in [-0.2, -0.15) is 5.10 Å². The number of carbonyl (C=O) groups excluding carboxylic acids is 1. The average Bonchev–Trinajstić information content (AvgIpc) is 3.13. The van der Waals surface area contributed by atoms with Gasteiger partial charge in [-0.15, -0.1) is 0 Å². The molecular formula is C12H18N4O2. The molecule has 1 aliphatic carbocycles. The summed E-state index contributed by atoms with van der Waals surface area (Å²) >= 11 is 0. The molecule has 0 aromatic carbocycles. The molecule has 6 heteroatoms. The summed E-state index contributed by atoms with van der Waals surface area (Å²) in [5.74, 6) is 0.187. The molecule has 0 aliphatic heterocycles. The molecule has 1 amide bonds. The lowest BCUT2D eigenvalue weighted by Gasteiger charge is -2.13. The van der Waals surface area contributed by atoms with Crippen LogP contribution in [0.25, 0.3) is 0 Å². The largest absolute Gasteiger partial charge is 0.383 e. The highest BCUT2D eigenvalue weighted by Crippen LogP contribution is 2.28. The minimum absolute atomic E-state index is 0.304. The molecule has 1 aromatic rings. The molecule has 2 rings (SSSR count). The minimum atomic E-state index is -0.671. The zero-order chi connectivity index (χ0) is 13.1. The topological polar surface area (TPSA) is 90.0 Å². The first-order valence-corrected chi connectivity index (χ1v) is 6.24. The highest BCUT2D eigenvalue weighted by molar-refractivity contribution is 5.78. The van der Waals surface area contributed by atoms with Gasteiger partial charge in [0.2, 0.25) is 5.91 Å². The third-order valence-electron chi connectivity index (χ3n) is 3.13. The zero-order valence-electron chi connectivity index (χ0n) is 10.4. The maximum Gasteiger partial charge on any atom is 0.269 e. The number of nitrogens with two attached hydrogens (primary N) is 1. The smallest absolute Gasteiger partial charge is 0.269 e. The Hall–Kier alpha value is -1.85. The van der Waals surface area contributed by atoms with Crippen LogP contribution in [0.3, 0.4) is 0 Å². The number of anilines is 1. The van der Waals surface area contributed by atoms with E-state index in [-0.39, 0.29) is 5.56 Å². The third-order valence-corrected chi connectivity index (χ3v) is 3.13. The number of hydrogen-bond acceptors (Lipinski definition) is 4. The Morgan fingerprint density at radius 3 is 2.89 bits per heavy atom. The first-order valence-electron chi connectivity index (χ1n) is 6.24. The molecule has 0 radical (unpaired) electrons. The third kappa shape index (κ3) is 2.88. The van der Waals surface area contributed by atoms with Gasteiger partial charge in [0.25, 0.3) is 5.56 Å². The van der Waals surface area contributed by atoms with Gasteiger partial charge < -0.3 is 11.1 Å². The van der Waals surface area contributed by atoms with Crippen molar-refractivity contribution in [2.45, 2.75) is 32.2 Å². The Bertz CT molecular complexity index is 493. The molecular weight excluding hydrogens is 232 g/mol. The van der Waals surface area contributed by atoms with Crippen molar-refractivity contribution in [3.05, 3.63) is 22.6 Å². The molecule has 98 valence electrons. The Balaban J connectivity index is 2.12. The molecule has 0 saturated heterocycles. The SMILES string of the molecule is CCC(C(N)=O)n1ncc(NCC2CC2)cc1=O. The molecule has 1 atom stereocenters. The van der Waals surface area contributed by atoms with E-state index in [0.717, 1.165) is 17.1 Å². The standard InChI is InChI=1S/C12H18N4O2/c1-2-10(12(13)18)16-11(17)5-9(7-15-16)14-6-8-3-4-8/h5,7-8,10,14H,2-4,6H2,1H3,(H2,13,18). The van der Waals surface area contributed by atoms with Crippen molar-refractivity contribution in [1.82, 2.24) is 9.78 Å². The van der Waals surface area contributed by atoms with Crippen LogP contribution in [0.15, 0.2) is 17.1 Å². The highest BCUT2D eigenvalue weighted by atomic mass is 16.2. The molecule has 6 nitrogen and oxygen atoms in total. The lowest BCUT2D eigenvalue weighted by Crippen LogP contribution is -2.35. The second kappa shape index (κ2) is 5.20. The predicted octanol–water partition coefficient (Wildman–Crippen LogP) is 0.502. The number of primary amides is 1. The minimum Gasteiger partial charge on any atom is -0.383 e. The van der Waals surface area contributed by atoms with Crippen LogP contribution in [0.1, 0.15) is 32.2 Å². The first-order chi connectivity index (χ1) is 8.61. The molecule has 1 aromatic heterocycles. The fourth-order valence-corrected chi connectivity index (χ4v) is 1.83. The van der Waals surface area contributed by atoms with Gasteiger partial charge in [0.15, 0.2) is 0 Å². The number of aromatic nitrogens is 2. The van der Waals surface area contributed by atoms with E-state index >= 15 is 0 Å². The van der Waals surface area contributed by atoms with E-state index < -0.39 is 11.9 Å². The first kappa shape index (κ1) is 12.6.